The lowest BCUT2D eigenvalue weighted by Crippen LogP contribution is -2.24. The van der Waals surface area contributed by atoms with Crippen LogP contribution < -0.4 is 5.32 Å². The number of carbonyl (C=O) groups is 1. The lowest BCUT2D eigenvalue weighted by atomic mass is 10.2. The van der Waals surface area contributed by atoms with Crippen molar-refractivity contribution in [1.29, 1.82) is 0 Å². The number of rotatable bonds is 3. The summed E-state index contributed by atoms with van der Waals surface area (Å²) in [5.74, 6) is 0.466. The van der Waals surface area contributed by atoms with Crippen LogP contribution in [-0.2, 0) is 11.3 Å². The van der Waals surface area contributed by atoms with E-state index in [9.17, 15) is 4.79 Å². The smallest absolute Gasteiger partial charge is 0.223 e. The van der Waals surface area contributed by atoms with Crippen LogP contribution in [0.3, 0.4) is 0 Å². The number of nitrogens with zero attached hydrogens (tertiary/aromatic N) is 1. The van der Waals surface area contributed by atoms with Crippen molar-refractivity contribution >= 4 is 5.91 Å². The van der Waals surface area contributed by atoms with Gasteiger partial charge in [0.25, 0.3) is 0 Å². The van der Waals surface area contributed by atoms with Crippen molar-refractivity contribution in [2.24, 2.45) is 5.92 Å². The van der Waals surface area contributed by atoms with Crippen molar-refractivity contribution in [1.82, 2.24) is 15.5 Å². The average molecular weight is 179 g/mol. The SMILES string of the molecule is Cc1[nH]ncc1CNC(=O)C1CC1. The summed E-state index contributed by atoms with van der Waals surface area (Å²) in [6.45, 7) is 2.54. The summed E-state index contributed by atoms with van der Waals surface area (Å²) in [5.41, 5.74) is 2.09. The molecule has 0 atom stereocenters. The summed E-state index contributed by atoms with van der Waals surface area (Å²) in [6, 6.07) is 0. The van der Waals surface area contributed by atoms with Gasteiger partial charge in [-0.1, -0.05) is 0 Å². The highest BCUT2D eigenvalue weighted by Gasteiger charge is 2.29. The van der Waals surface area contributed by atoms with Crippen molar-refractivity contribution in [2.75, 3.05) is 0 Å². The first-order valence-corrected chi connectivity index (χ1v) is 4.54. The van der Waals surface area contributed by atoms with E-state index in [0.29, 0.717) is 6.54 Å². The minimum atomic E-state index is 0.181. The monoisotopic (exact) mass is 179 g/mol. The zero-order valence-corrected chi connectivity index (χ0v) is 7.63. The van der Waals surface area contributed by atoms with E-state index in [1.165, 1.54) is 0 Å². The highest BCUT2D eigenvalue weighted by atomic mass is 16.2. The summed E-state index contributed by atoms with van der Waals surface area (Å²) in [6.07, 6.45) is 3.86. The summed E-state index contributed by atoms with van der Waals surface area (Å²) < 4.78 is 0. The van der Waals surface area contributed by atoms with Gasteiger partial charge in [-0.2, -0.15) is 5.10 Å². The van der Waals surface area contributed by atoms with Crippen LogP contribution in [0.15, 0.2) is 6.20 Å². The molecule has 0 aliphatic heterocycles. The Balaban J connectivity index is 1.85. The molecule has 1 aliphatic carbocycles. The van der Waals surface area contributed by atoms with Crippen LogP contribution in [0.5, 0.6) is 0 Å². The van der Waals surface area contributed by atoms with E-state index in [0.717, 1.165) is 24.1 Å². The molecule has 70 valence electrons. The Bertz CT molecular complexity index is 314. The third kappa shape index (κ3) is 1.88. The highest BCUT2D eigenvalue weighted by molar-refractivity contribution is 5.80. The highest BCUT2D eigenvalue weighted by Crippen LogP contribution is 2.28. The quantitative estimate of drug-likeness (QED) is 0.719. The second-order valence-electron chi connectivity index (χ2n) is 3.51. The third-order valence-electron chi connectivity index (χ3n) is 2.34. The number of aromatic amines is 1. The van der Waals surface area contributed by atoms with Gasteiger partial charge in [0.2, 0.25) is 5.91 Å². The molecule has 0 aromatic carbocycles. The van der Waals surface area contributed by atoms with Gasteiger partial charge in [-0.05, 0) is 19.8 Å². The zero-order chi connectivity index (χ0) is 9.26. The number of aromatic nitrogens is 2. The summed E-state index contributed by atoms with van der Waals surface area (Å²) in [5, 5.41) is 9.61. The van der Waals surface area contributed by atoms with E-state index >= 15 is 0 Å². The van der Waals surface area contributed by atoms with Crippen molar-refractivity contribution < 1.29 is 4.79 Å². The molecule has 0 spiro atoms. The van der Waals surface area contributed by atoms with Crippen molar-refractivity contribution in [3.63, 3.8) is 0 Å². The van der Waals surface area contributed by atoms with Crippen molar-refractivity contribution in [3.05, 3.63) is 17.5 Å². The molecule has 0 unspecified atom stereocenters. The predicted molar refractivity (Wildman–Crippen MR) is 47.9 cm³/mol. The molecule has 1 amide bonds. The lowest BCUT2D eigenvalue weighted by molar-refractivity contribution is -0.122. The molecule has 13 heavy (non-hydrogen) atoms. The molecule has 1 aliphatic rings. The van der Waals surface area contributed by atoms with Gasteiger partial charge in [0.1, 0.15) is 0 Å². The normalized spacial score (nSPS) is 15.8. The Morgan fingerprint density at radius 1 is 1.77 bits per heavy atom. The molecule has 2 N–H and O–H groups in total. The minimum Gasteiger partial charge on any atom is -0.352 e. The number of amides is 1. The van der Waals surface area contributed by atoms with Gasteiger partial charge < -0.3 is 5.32 Å². The fourth-order valence-corrected chi connectivity index (χ4v) is 1.23. The summed E-state index contributed by atoms with van der Waals surface area (Å²) in [4.78, 5) is 11.3. The fraction of sp³-hybridized carbons (Fsp3) is 0.556. The Hall–Kier alpha value is -1.32. The van der Waals surface area contributed by atoms with Gasteiger partial charge in [0, 0.05) is 23.7 Å². The molecular weight excluding hydrogens is 166 g/mol. The second kappa shape index (κ2) is 3.20. The number of nitrogens with one attached hydrogen (secondary N) is 2. The van der Waals surface area contributed by atoms with E-state index in [-0.39, 0.29) is 11.8 Å². The predicted octanol–water partition coefficient (Wildman–Crippen LogP) is 0.744. The van der Waals surface area contributed by atoms with E-state index in [1.807, 2.05) is 6.92 Å². The Kier molecular flexibility index (Phi) is 2.04. The average Bonchev–Trinajstić information content (AvgIpc) is 2.88. The molecular formula is C9H13N3O. The number of aryl methyl sites for hydroxylation is 1. The first kappa shape index (κ1) is 8.29. The van der Waals surface area contributed by atoms with E-state index in [2.05, 4.69) is 15.5 Å². The zero-order valence-electron chi connectivity index (χ0n) is 7.63. The Morgan fingerprint density at radius 3 is 3.08 bits per heavy atom. The van der Waals surface area contributed by atoms with Crippen LogP contribution >= 0.6 is 0 Å². The van der Waals surface area contributed by atoms with Gasteiger partial charge in [0.15, 0.2) is 0 Å². The molecule has 4 heteroatoms. The maximum atomic E-state index is 11.3. The Morgan fingerprint density at radius 2 is 2.54 bits per heavy atom. The third-order valence-corrected chi connectivity index (χ3v) is 2.34. The van der Waals surface area contributed by atoms with Crippen LogP contribution in [0.4, 0.5) is 0 Å². The number of H-pyrrole nitrogens is 1. The molecule has 4 nitrogen and oxygen atoms in total. The summed E-state index contributed by atoms with van der Waals surface area (Å²) in [7, 11) is 0. The fourth-order valence-electron chi connectivity index (χ4n) is 1.23. The largest absolute Gasteiger partial charge is 0.352 e. The number of hydrogen-bond acceptors (Lipinski definition) is 2. The topological polar surface area (TPSA) is 57.8 Å². The summed E-state index contributed by atoms with van der Waals surface area (Å²) >= 11 is 0. The molecule has 0 radical (unpaired) electrons. The molecule has 0 saturated heterocycles. The minimum absolute atomic E-state index is 0.181. The lowest BCUT2D eigenvalue weighted by Gasteiger charge is -2.01. The molecule has 1 aromatic rings. The van der Waals surface area contributed by atoms with Gasteiger partial charge in [-0.3, -0.25) is 9.89 Å². The van der Waals surface area contributed by atoms with Crippen LogP contribution in [0, 0.1) is 12.8 Å². The first-order chi connectivity index (χ1) is 6.27. The maximum absolute atomic E-state index is 11.3. The van der Waals surface area contributed by atoms with E-state index in [1.54, 1.807) is 6.20 Å². The molecule has 1 aromatic heterocycles. The number of carbonyl (C=O) groups excluding carboxylic acids is 1. The number of hydrogen-bond donors (Lipinski definition) is 2. The van der Waals surface area contributed by atoms with Gasteiger partial charge in [-0.25, -0.2) is 0 Å². The van der Waals surface area contributed by atoms with Crippen LogP contribution in [-0.4, -0.2) is 16.1 Å². The van der Waals surface area contributed by atoms with E-state index in [4.69, 9.17) is 0 Å². The van der Waals surface area contributed by atoms with Crippen molar-refractivity contribution in [2.45, 2.75) is 26.3 Å². The molecule has 2 rings (SSSR count). The van der Waals surface area contributed by atoms with Crippen LogP contribution in [0.25, 0.3) is 0 Å². The molecule has 1 fully saturated rings. The van der Waals surface area contributed by atoms with Crippen LogP contribution in [0.2, 0.25) is 0 Å². The maximum Gasteiger partial charge on any atom is 0.223 e. The van der Waals surface area contributed by atoms with E-state index < -0.39 is 0 Å². The van der Waals surface area contributed by atoms with Crippen LogP contribution in [0.1, 0.15) is 24.1 Å². The van der Waals surface area contributed by atoms with Gasteiger partial charge in [0.05, 0.1) is 6.20 Å². The Labute approximate surface area is 76.7 Å². The van der Waals surface area contributed by atoms with Crippen molar-refractivity contribution in [3.8, 4) is 0 Å². The molecule has 1 saturated carbocycles. The molecule has 0 bridgehead atoms. The first-order valence-electron chi connectivity index (χ1n) is 4.54. The molecule has 1 heterocycles. The van der Waals surface area contributed by atoms with Gasteiger partial charge in [-0.15, -0.1) is 0 Å². The second-order valence-corrected chi connectivity index (χ2v) is 3.51. The van der Waals surface area contributed by atoms with Gasteiger partial charge >= 0.3 is 0 Å². The standard InChI is InChI=1S/C9H13N3O/c1-6-8(5-11-12-6)4-10-9(13)7-2-3-7/h5,7H,2-4H2,1H3,(H,10,13)(H,11,12).